The molecule has 168 valence electrons. The molecule has 2 aromatic rings. The molecule has 0 spiro atoms. The topological polar surface area (TPSA) is 79.1 Å². The Morgan fingerprint density at radius 1 is 1.35 bits per heavy atom. The van der Waals surface area contributed by atoms with E-state index in [2.05, 4.69) is 11.9 Å². The van der Waals surface area contributed by atoms with Crippen LogP contribution in [-0.4, -0.2) is 73.0 Å². The van der Waals surface area contributed by atoms with Gasteiger partial charge in [-0.05, 0) is 25.5 Å². The second-order valence-electron chi connectivity index (χ2n) is 7.90. The highest BCUT2D eigenvalue weighted by Crippen LogP contribution is 2.30. The van der Waals surface area contributed by atoms with Gasteiger partial charge in [0.1, 0.15) is 5.52 Å². The number of carbonyl (C=O) groups excluding carboxylic acids is 2. The first-order valence-corrected chi connectivity index (χ1v) is 10.8. The van der Waals surface area contributed by atoms with E-state index in [0.29, 0.717) is 53.9 Å². The molecule has 8 nitrogen and oxygen atoms in total. The van der Waals surface area contributed by atoms with Crippen molar-refractivity contribution in [3.05, 3.63) is 35.0 Å². The number of halogens is 1. The smallest absolute Gasteiger partial charge is 0.409 e. The van der Waals surface area contributed by atoms with E-state index in [1.807, 2.05) is 25.9 Å². The molecule has 1 aliphatic rings. The van der Waals surface area contributed by atoms with Crippen LogP contribution in [0.25, 0.3) is 11.1 Å². The number of ether oxygens (including phenoxy) is 1. The molecule has 31 heavy (non-hydrogen) atoms. The number of ketones is 1. The third-order valence-corrected chi connectivity index (χ3v) is 5.31. The highest BCUT2D eigenvalue weighted by molar-refractivity contribution is 6.32. The second kappa shape index (κ2) is 10.0. The summed E-state index contributed by atoms with van der Waals surface area (Å²) in [6, 6.07) is 3.66. The lowest BCUT2D eigenvalue weighted by Crippen LogP contribution is -2.54. The van der Waals surface area contributed by atoms with Gasteiger partial charge in [-0.25, -0.2) is 4.79 Å². The second-order valence-corrected chi connectivity index (χ2v) is 8.33. The number of amides is 1. The Bertz CT molecular complexity index is 972. The maximum Gasteiger partial charge on any atom is 0.409 e. The standard InChI is InChI=1S/C22H29ClN4O4/c1-5-6-11-30-22(29)26-9-10-27(15(2)14-26)21-24-18-13-16(23)12-17(20(18)31-21)19(28)7-8-25(3)4/h7-8,12-13,15H,5-6,9-11,14H2,1-4H3. The molecular formula is C22H29ClN4O4. The van der Waals surface area contributed by atoms with Gasteiger partial charge in [0.05, 0.1) is 12.2 Å². The number of hydrogen-bond acceptors (Lipinski definition) is 7. The van der Waals surface area contributed by atoms with Crippen LogP contribution in [0.1, 0.15) is 37.0 Å². The van der Waals surface area contributed by atoms with E-state index in [1.165, 1.54) is 6.08 Å². The monoisotopic (exact) mass is 448 g/mol. The molecule has 1 aromatic carbocycles. The minimum Gasteiger partial charge on any atom is -0.449 e. The molecule has 2 heterocycles. The summed E-state index contributed by atoms with van der Waals surface area (Å²) in [6.45, 7) is 6.05. The number of aromatic nitrogens is 1. The number of fused-ring (bicyclic) bond motifs is 1. The van der Waals surface area contributed by atoms with E-state index in [4.69, 9.17) is 20.8 Å². The molecule has 1 aliphatic heterocycles. The van der Waals surface area contributed by atoms with Crippen LogP contribution in [0, 0.1) is 0 Å². The minimum absolute atomic E-state index is 0.0243. The van der Waals surface area contributed by atoms with Crippen LogP contribution in [0.5, 0.6) is 0 Å². The summed E-state index contributed by atoms with van der Waals surface area (Å²) in [5.74, 6) is -0.211. The van der Waals surface area contributed by atoms with Crippen molar-refractivity contribution in [1.29, 1.82) is 0 Å². The van der Waals surface area contributed by atoms with E-state index >= 15 is 0 Å². The fraction of sp³-hybridized carbons (Fsp3) is 0.500. The minimum atomic E-state index is -0.287. The van der Waals surface area contributed by atoms with Crippen molar-refractivity contribution in [2.45, 2.75) is 32.7 Å². The molecule has 9 heteroatoms. The van der Waals surface area contributed by atoms with E-state index in [-0.39, 0.29) is 17.9 Å². The molecular weight excluding hydrogens is 420 g/mol. The Kier molecular flexibility index (Phi) is 7.43. The molecule has 3 rings (SSSR count). The van der Waals surface area contributed by atoms with Crippen molar-refractivity contribution in [2.24, 2.45) is 0 Å². The SMILES string of the molecule is CCCCOC(=O)N1CCN(c2nc3cc(Cl)cc(C(=O)C=CN(C)C)c3o2)C(C)C1. The Morgan fingerprint density at radius 3 is 2.81 bits per heavy atom. The lowest BCUT2D eigenvalue weighted by molar-refractivity contribution is 0.0938. The molecule has 1 saturated heterocycles. The van der Waals surface area contributed by atoms with Gasteiger partial charge in [-0.15, -0.1) is 0 Å². The third-order valence-electron chi connectivity index (χ3n) is 5.09. The molecule has 1 fully saturated rings. The van der Waals surface area contributed by atoms with Crippen LogP contribution in [0.4, 0.5) is 10.8 Å². The number of hydrogen-bond donors (Lipinski definition) is 0. The van der Waals surface area contributed by atoms with Crippen molar-refractivity contribution in [2.75, 3.05) is 45.2 Å². The van der Waals surface area contributed by atoms with Crippen LogP contribution < -0.4 is 4.90 Å². The van der Waals surface area contributed by atoms with Crippen molar-refractivity contribution < 1.29 is 18.7 Å². The molecule has 0 saturated carbocycles. The first-order chi connectivity index (χ1) is 14.8. The van der Waals surface area contributed by atoms with E-state index in [9.17, 15) is 9.59 Å². The zero-order chi connectivity index (χ0) is 22.5. The van der Waals surface area contributed by atoms with E-state index in [0.717, 1.165) is 12.8 Å². The lowest BCUT2D eigenvalue weighted by atomic mass is 10.1. The highest BCUT2D eigenvalue weighted by atomic mass is 35.5. The van der Waals surface area contributed by atoms with Crippen LogP contribution in [0.3, 0.4) is 0 Å². The van der Waals surface area contributed by atoms with Gasteiger partial charge < -0.3 is 23.9 Å². The third kappa shape index (κ3) is 5.50. The fourth-order valence-corrected chi connectivity index (χ4v) is 3.61. The summed E-state index contributed by atoms with van der Waals surface area (Å²) in [5, 5.41) is 0.418. The van der Waals surface area contributed by atoms with Crippen LogP contribution >= 0.6 is 11.6 Å². The summed E-state index contributed by atoms with van der Waals surface area (Å²) in [7, 11) is 3.68. The number of unbranched alkanes of at least 4 members (excludes halogenated alkanes) is 1. The number of carbonyl (C=O) groups is 2. The number of benzene rings is 1. The first kappa shape index (κ1) is 22.9. The lowest BCUT2D eigenvalue weighted by Gasteiger charge is -2.38. The van der Waals surface area contributed by atoms with Crippen molar-refractivity contribution in [3.8, 4) is 0 Å². The van der Waals surface area contributed by atoms with Gasteiger partial charge in [-0.1, -0.05) is 24.9 Å². The Morgan fingerprint density at radius 2 is 2.13 bits per heavy atom. The van der Waals surface area contributed by atoms with E-state index in [1.54, 1.807) is 28.1 Å². The summed E-state index contributed by atoms with van der Waals surface area (Å²) < 4.78 is 11.3. The average Bonchev–Trinajstić information content (AvgIpc) is 3.14. The van der Waals surface area contributed by atoms with Gasteiger partial charge in [0.2, 0.25) is 0 Å². The van der Waals surface area contributed by atoms with Gasteiger partial charge in [-0.3, -0.25) is 4.79 Å². The molecule has 0 aliphatic carbocycles. The van der Waals surface area contributed by atoms with Crippen LogP contribution in [0.15, 0.2) is 28.8 Å². The van der Waals surface area contributed by atoms with Crippen molar-refractivity contribution in [1.82, 2.24) is 14.8 Å². The molecule has 0 N–H and O–H groups in total. The Labute approximate surface area is 187 Å². The number of oxazole rings is 1. The van der Waals surface area contributed by atoms with E-state index < -0.39 is 0 Å². The Balaban J connectivity index is 1.79. The zero-order valence-corrected chi connectivity index (χ0v) is 19.2. The quantitative estimate of drug-likeness (QED) is 0.357. The molecule has 1 amide bonds. The zero-order valence-electron chi connectivity index (χ0n) is 18.4. The van der Waals surface area contributed by atoms with Crippen LogP contribution in [0.2, 0.25) is 5.02 Å². The molecule has 1 aromatic heterocycles. The number of allylic oxidation sites excluding steroid dienone is 1. The number of rotatable bonds is 7. The summed E-state index contributed by atoms with van der Waals surface area (Å²) >= 11 is 6.22. The Hall–Kier alpha value is -2.74. The van der Waals surface area contributed by atoms with Crippen molar-refractivity contribution >= 4 is 40.6 Å². The van der Waals surface area contributed by atoms with Gasteiger partial charge in [0.25, 0.3) is 6.01 Å². The summed E-state index contributed by atoms with van der Waals surface area (Å²) in [6.07, 6.45) is 4.70. The highest BCUT2D eigenvalue weighted by Gasteiger charge is 2.31. The van der Waals surface area contributed by atoms with Crippen molar-refractivity contribution in [3.63, 3.8) is 0 Å². The molecule has 0 radical (unpaired) electrons. The maximum atomic E-state index is 12.7. The molecule has 1 atom stereocenters. The summed E-state index contributed by atoms with van der Waals surface area (Å²) in [4.78, 5) is 35.0. The summed E-state index contributed by atoms with van der Waals surface area (Å²) in [5.41, 5.74) is 1.30. The van der Waals surface area contributed by atoms with Gasteiger partial charge in [-0.2, -0.15) is 4.98 Å². The largest absolute Gasteiger partial charge is 0.449 e. The first-order valence-electron chi connectivity index (χ1n) is 10.5. The fourth-order valence-electron chi connectivity index (χ4n) is 3.40. The number of nitrogens with zero attached hydrogens (tertiary/aromatic N) is 4. The van der Waals surface area contributed by atoms with Crippen LogP contribution in [-0.2, 0) is 4.74 Å². The normalized spacial score (nSPS) is 16.9. The molecule has 0 bridgehead atoms. The number of anilines is 1. The molecule has 1 unspecified atom stereocenters. The predicted octanol–water partition coefficient (Wildman–Crippen LogP) is 4.19. The maximum absolute atomic E-state index is 12.7. The van der Waals surface area contributed by atoms with Gasteiger partial charge >= 0.3 is 6.09 Å². The van der Waals surface area contributed by atoms with Gasteiger partial charge in [0.15, 0.2) is 11.4 Å². The van der Waals surface area contributed by atoms with Gasteiger partial charge in [0, 0.05) is 57.1 Å². The average molecular weight is 449 g/mol. The number of piperazine rings is 1. The predicted molar refractivity (Wildman–Crippen MR) is 121 cm³/mol.